The van der Waals surface area contributed by atoms with Gasteiger partial charge in [-0.2, -0.15) is 5.10 Å². The number of aromatic amines is 1. The van der Waals surface area contributed by atoms with Gasteiger partial charge in [0.2, 0.25) is 0 Å². The van der Waals surface area contributed by atoms with Crippen molar-refractivity contribution < 1.29 is 18.7 Å². The summed E-state index contributed by atoms with van der Waals surface area (Å²) in [6.45, 7) is 1.95. The zero-order valence-corrected chi connectivity index (χ0v) is 21.4. The fourth-order valence-electron chi connectivity index (χ4n) is 4.80. The quantitative estimate of drug-likeness (QED) is 0.234. The van der Waals surface area contributed by atoms with E-state index in [1.165, 1.54) is 26.3 Å². The summed E-state index contributed by atoms with van der Waals surface area (Å²) in [5, 5.41) is 11.8. The molecule has 2 aromatic carbocycles. The maximum Gasteiger partial charge on any atom is 0.255 e. The Bertz CT molecular complexity index is 1440. The minimum absolute atomic E-state index is 0.117. The maximum absolute atomic E-state index is 13.7. The van der Waals surface area contributed by atoms with Crippen LogP contribution in [0.2, 0.25) is 0 Å². The Morgan fingerprint density at radius 3 is 2.71 bits per heavy atom. The van der Waals surface area contributed by atoms with Gasteiger partial charge in [0.1, 0.15) is 23.1 Å². The van der Waals surface area contributed by atoms with Crippen LogP contribution in [-0.2, 0) is 6.54 Å². The molecule has 38 heavy (non-hydrogen) atoms. The van der Waals surface area contributed by atoms with Crippen LogP contribution in [0.5, 0.6) is 5.75 Å². The number of amides is 1. The highest BCUT2D eigenvalue weighted by Gasteiger charge is 2.25. The summed E-state index contributed by atoms with van der Waals surface area (Å²) >= 11 is 0. The molecule has 3 heterocycles. The van der Waals surface area contributed by atoms with Crippen LogP contribution < -0.4 is 26.8 Å². The van der Waals surface area contributed by atoms with Crippen LogP contribution in [0.25, 0.3) is 22.2 Å². The van der Waals surface area contributed by atoms with Crippen LogP contribution in [0.4, 0.5) is 10.2 Å². The largest absolute Gasteiger partial charge is 0.496 e. The number of piperidine rings is 1. The summed E-state index contributed by atoms with van der Waals surface area (Å²) in [6.07, 6.45) is 4.33. The molecule has 11 heteroatoms. The Hall–Kier alpha value is -4.22. The van der Waals surface area contributed by atoms with Gasteiger partial charge in [0.05, 0.1) is 29.8 Å². The van der Waals surface area contributed by atoms with Gasteiger partial charge in [0.15, 0.2) is 6.29 Å². The topological polar surface area (TPSA) is 153 Å². The number of hydrogen-bond acceptors (Lipinski definition) is 7. The highest BCUT2D eigenvalue weighted by Crippen LogP contribution is 2.35. The number of nitrogens with zero attached hydrogens (tertiary/aromatic N) is 2. The number of carbonyl (C=O) groups excluding carboxylic acids is 2. The zero-order valence-electron chi connectivity index (χ0n) is 21.4. The summed E-state index contributed by atoms with van der Waals surface area (Å²) in [5.41, 5.74) is 14.3. The van der Waals surface area contributed by atoms with E-state index < -0.39 is 11.7 Å². The maximum atomic E-state index is 13.7. The fraction of sp³-hybridized carbons (Fsp3) is 0.296. The number of benzene rings is 2. The molecule has 1 aliphatic heterocycles. The molecule has 1 amide bonds. The number of carbonyl (C=O) groups is 2. The summed E-state index contributed by atoms with van der Waals surface area (Å²) in [6, 6.07) is 9.58. The van der Waals surface area contributed by atoms with Crippen molar-refractivity contribution in [2.45, 2.75) is 25.4 Å². The molecule has 5 rings (SSSR count). The third-order valence-electron chi connectivity index (χ3n) is 6.67. The molecule has 0 aliphatic carbocycles. The predicted molar refractivity (Wildman–Crippen MR) is 145 cm³/mol. The van der Waals surface area contributed by atoms with Crippen LogP contribution >= 0.6 is 0 Å². The monoisotopic (exact) mass is 521 g/mol. The number of hydrogen-bond donors (Lipinski definition) is 5. The number of ether oxygens (including phenoxy) is 1. The van der Waals surface area contributed by atoms with Gasteiger partial charge >= 0.3 is 0 Å². The Morgan fingerprint density at radius 2 is 2.00 bits per heavy atom. The Balaban J connectivity index is 0.00000164. The number of aldehydes is 1. The fourth-order valence-corrected chi connectivity index (χ4v) is 4.80. The van der Waals surface area contributed by atoms with Crippen LogP contribution in [0.1, 0.15) is 45.2 Å². The number of anilines is 1. The van der Waals surface area contributed by atoms with E-state index >= 15 is 0 Å². The minimum atomic E-state index is -0.522. The Kier molecular flexibility index (Phi) is 8.39. The first kappa shape index (κ1) is 26.8. The SMILES string of the molecule is CN.COc1ccc(F)cc1C(=O)NCc1ccc(-c2nn(C3CCNCC3)c(N)c2C=O)c2cc[nH]c12. The van der Waals surface area contributed by atoms with Crippen molar-refractivity contribution in [1.29, 1.82) is 0 Å². The van der Waals surface area contributed by atoms with Gasteiger partial charge in [0, 0.05) is 23.7 Å². The second kappa shape index (κ2) is 11.9. The highest BCUT2D eigenvalue weighted by atomic mass is 19.1. The molecule has 1 saturated heterocycles. The number of aromatic nitrogens is 3. The highest BCUT2D eigenvalue weighted by molar-refractivity contribution is 6.02. The summed E-state index contributed by atoms with van der Waals surface area (Å²) in [5.74, 6) is -0.313. The lowest BCUT2D eigenvalue weighted by Gasteiger charge is -2.23. The lowest BCUT2D eigenvalue weighted by Crippen LogP contribution is -2.30. The van der Waals surface area contributed by atoms with Crippen molar-refractivity contribution in [3.05, 3.63) is 65.1 Å². The molecule has 0 radical (unpaired) electrons. The molecule has 2 aromatic heterocycles. The average molecular weight is 522 g/mol. The van der Waals surface area contributed by atoms with E-state index in [-0.39, 0.29) is 23.9 Å². The first-order valence-electron chi connectivity index (χ1n) is 12.3. The average Bonchev–Trinajstić information content (AvgIpc) is 3.58. The zero-order chi connectivity index (χ0) is 27.2. The molecule has 4 aromatic rings. The van der Waals surface area contributed by atoms with Crippen LogP contribution in [-0.4, -0.2) is 54.2 Å². The van der Waals surface area contributed by atoms with E-state index in [0.717, 1.165) is 60.3 Å². The molecular formula is C27H32FN7O3. The van der Waals surface area contributed by atoms with E-state index in [1.54, 1.807) is 10.9 Å². The van der Waals surface area contributed by atoms with Crippen molar-refractivity contribution in [3.8, 4) is 17.0 Å². The van der Waals surface area contributed by atoms with E-state index in [1.807, 2.05) is 18.2 Å². The number of fused-ring (bicyclic) bond motifs is 1. The molecule has 7 N–H and O–H groups in total. The van der Waals surface area contributed by atoms with E-state index in [9.17, 15) is 14.0 Å². The summed E-state index contributed by atoms with van der Waals surface area (Å²) in [4.78, 5) is 28.0. The van der Waals surface area contributed by atoms with E-state index in [0.29, 0.717) is 17.1 Å². The number of methoxy groups -OCH3 is 1. The molecule has 1 fully saturated rings. The number of nitrogen functional groups attached to an aromatic ring is 1. The van der Waals surface area contributed by atoms with E-state index in [4.69, 9.17) is 15.6 Å². The molecule has 0 saturated carbocycles. The Morgan fingerprint density at radius 1 is 1.24 bits per heavy atom. The third kappa shape index (κ3) is 5.11. The summed E-state index contributed by atoms with van der Waals surface area (Å²) in [7, 11) is 2.93. The number of halogens is 1. The number of rotatable bonds is 7. The third-order valence-corrected chi connectivity index (χ3v) is 6.67. The van der Waals surface area contributed by atoms with Gasteiger partial charge in [-0.15, -0.1) is 0 Å². The number of H-pyrrole nitrogens is 1. The normalized spacial score (nSPS) is 13.6. The molecule has 200 valence electrons. The molecular weight excluding hydrogens is 489 g/mol. The van der Waals surface area contributed by atoms with E-state index in [2.05, 4.69) is 21.4 Å². The second-order valence-electron chi connectivity index (χ2n) is 8.76. The lowest BCUT2D eigenvalue weighted by molar-refractivity contribution is 0.0947. The van der Waals surface area contributed by atoms with Crippen LogP contribution in [0.15, 0.2) is 42.6 Å². The van der Waals surface area contributed by atoms with Gasteiger partial charge in [-0.25, -0.2) is 9.07 Å². The first-order valence-corrected chi connectivity index (χ1v) is 12.3. The van der Waals surface area contributed by atoms with Crippen molar-refractivity contribution in [2.24, 2.45) is 5.73 Å². The molecule has 0 unspecified atom stereocenters. The predicted octanol–water partition coefficient (Wildman–Crippen LogP) is 3.00. The first-order chi connectivity index (χ1) is 18.5. The van der Waals surface area contributed by atoms with Gasteiger partial charge in [0.25, 0.3) is 5.91 Å². The second-order valence-corrected chi connectivity index (χ2v) is 8.76. The van der Waals surface area contributed by atoms with Gasteiger partial charge < -0.3 is 31.8 Å². The van der Waals surface area contributed by atoms with Crippen LogP contribution in [0.3, 0.4) is 0 Å². The minimum Gasteiger partial charge on any atom is -0.496 e. The van der Waals surface area contributed by atoms with Crippen molar-refractivity contribution in [3.63, 3.8) is 0 Å². The van der Waals surface area contributed by atoms with Gasteiger partial charge in [-0.05, 0) is 62.8 Å². The summed E-state index contributed by atoms with van der Waals surface area (Å²) < 4.78 is 20.7. The molecule has 0 bridgehead atoms. The van der Waals surface area contributed by atoms with Crippen LogP contribution in [0, 0.1) is 5.82 Å². The molecule has 1 aliphatic rings. The smallest absolute Gasteiger partial charge is 0.255 e. The number of nitrogens with two attached hydrogens (primary N) is 2. The van der Waals surface area contributed by atoms with Crippen molar-refractivity contribution in [1.82, 2.24) is 25.4 Å². The number of nitrogens with one attached hydrogen (secondary N) is 3. The van der Waals surface area contributed by atoms with Crippen molar-refractivity contribution in [2.75, 3.05) is 33.0 Å². The van der Waals surface area contributed by atoms with Gasteiger partial charge in [-0.1, -0.05) is 12.1 Å². The molecule has 10 nitrogen and oxygen atoms in total. The Labute approximate surface area is 219 Å². The standard InChI is InChI=1S/C26H27FN6O3.CH5N/c1-36-22-5-3-16(27)12-20(22)26(35)31-13-15-2-4-18(19-8-11-30-23(15)19)24-21(14-34)25(28)33(32-24)17-6-9-29-10-7-17;1-2/h2-5,8,11-12,14,17,29-30H,6-7,9-10,13,28H2,1H3,(H,31,35);2H2,1H3. The van der Waals surface area contributed by atoms with Crippen molar-refractivity contribution >= 4 is 28.9 Å². The molecule has 0 atom stereocenters. The molecule has 0 spiro atoms. The lowest BCUT2D eigenvalue weighted by atomic mass is 10.0. The van der Waals surface area contributed by atoms with Gasteiger partial charge in [-0.3, -0.25) is 9.59 Å².